The highest BCUT2D eigenvalue weighted by Gasteiger charge is 2.01. The molecule has 0 amide bonds. The van der Waals surface area contributed by atoms with E-state index in [2.05, 4.69) is 23.8 Å². The van der Waals surface area contributed by atoms with Gasteiger partial charge in [0.1, 0.15) is 17.6 Å². The molecule has 0 spiro atoms. The molecule has 0 fully saturated rings. The van der Waals surface area contributed by atoms with Crippen LogP contribution in [0, 0.1) is 17.2 Å². The van der Waals surface area contributed by atoms with Gasteiger partial charge >= 0.3 is 0 Å². The van der Waals surface area contributed by atoms with Crippen LogP contribution in [0.5, 0.6) is 0 Å². The summed E-state index contributed by atoms with van der Waals surface area (Å²) in [6.07, 6.45) is 2.47. The van der Waals surface area contributed by atoms with Crippen molar-refractivity contribution in [2.24, 2.45) is 5.92 Å². The van der Waals surface area contributed by atoms with Gasteiger partial charge in [-0.25, -0.2) is 4.98 Å². The van der Waals surface area contributed by atoms with Gasteiger partial charge in [0.25, 0.3) is 0 Å². The van der Waals surface area contributed by atoms with Crippen molar-refractivity contribution in [2.75, 3.05) is 0 Å². The summed E-state index contributed by atoms with van der Waals surface area (Å²) in [6.45, 7) is 4.24. The van der Waals surface area contributed by atoms with Gasteiger partial charge in [0.05, 0.1) is 6.20 Å². The average molecular weight is 149 g/mol. The topological polar surface area (TPSA) is 52.5 Å². The van der Waals surface area contributed by atoms with Crippen molar-refractivity contribution in [3.8, 4) is 6.07 Å². The van der Waals surface area contributed by atoms with Gasteiger partial charge in [-0.15, -0.1) is 0 Å². The Labute approximate surface area is 66.1 Å². The fourth-order valence-corrected chi connectivity index (χ4v) is 0.910. The van der Waals surface area contributed by atoms with E-state index in [1.54, 1.807) is 6.20 Å². The van der Waals surface area contributed by atoms with Crippen LogP contribution < -0.4 is 0 Å². The highest BCUT2D eigenvalue weighted by atomic mass is 14.9. The number of aromatic amines is 1. The highest BCUT2D eigenvalue weighted by molar-refractivity contribution is 5.17. The van der Waals surface area contributed by atoms with Crippen LogP contribution in [0.15, 0.2) is 6.20 Å². The maximum Gasteiger partial charge on any atom is 0.137 e. The third kappa shape index (κ3) is 2.08. The molecule has 0 radical (unpaired) electrons. The van der Waals surface area contributed by atoms with E-state index in [1.165, 1.54) is 0 Å². The minimum Gasteiger partial charge on any atom is -0.334 e. The average Bonchev–Trinajstić information content (AvgIpc) is 2.34. The molecule has 0 aliphatic heterocycles. The SMILES string of the molecule is CC(C)Cc1ncc(C#N)[nH]1. The molecule has 0 aromatic carbocycles. The fraction of sp³-hybridized carbons (Fsp3) is 0.500. The first-order valence-corrected chi connectivity index (χ1v) is 3.66. The van der Waals surface area contributed by atoms with E-state index in [9.17, 15) is 0 Å². The van der Waals surface area contributed by atoms with Crippen LogP contribution in [-0.4, -0.2) is 9.97 Å². The smallest absolute Gasteiger partial charge is 0.137 e. The van der Waals surface area contributed by atoms with E-state index in [-0.39, 0.29) is 0 Å². The summed E-state index contributed by atoms with van der Waals surface area (Å²) in [5.41, 5.74) is 0.542. The van der Waals surface area contributed by atoms with E-state index >= 15 is 0 Å². The van der Waals surface area contributed by atoms with Crippen LogP contribution in [-0.2, 0) is 6.42 Å². The second-order valence-electron chi connectivity index (χ2n) is 2.95. The molecule has 1 aromatic heterocycles. The van der Waals surface area contributed by atoms with E-state index in [4.69, 9.17) is 5.26 Å². The number of nitrogens with one attached hydrogen (secondary N) is 1. The van der Waals surface area contributed by atoms with E-state index in [0.29, 0.717) is 11.6 Å². The second-order valence-corrected chi connectivity index (χ2v) is 2.95. The Morgan fingerprint density at radius 2 is 2.45 bits per heavy atom. The number of aromatic nitrogens is 2. The lowest BCUT2D eigenvalue weighted by Crippen LogP contribution is -1.95. The third-order valence-corrected chi connectivity index (χ3v) is 1.35. The summed E-state index contributed by atoms with van der Waals surface area (Å²) in [5.74, 6) is 1.48. The molecule has 0 atom stereocenters. The standard InChI is InChI=1S/C8H11N3/c1-6(2)3-8-10-5-7(4-9)11-8/h5-6H,3H2,1-2H3,(H,10,11). The molecule has 58 valence electrons. The zero-order chi connectivity index (χ0) is 8.27. The van der Waals surface area contributed by atoms with Gasteiger partial charge < -0.3 is 4.98 Å². The Kier molecular flexibility index (Phi) is 2.27. The molecule has 0 aliphatic carbocycles. The predicted molar refractivity (Wildman–Crippen MR) is 41.8 cm³/mol. The summed E-state index contributed by atoms with van der Waals surface area (Å²) in [5, 5.41) is 8.46. The monoisotopic (exact) mass is 149 g/mol. The number of imidazole rings is 1. The molecule has 0 saturated heterocycles. The molecular formula is C8H11N3. The molecule has 0 aliphatic rings. The minimum atomic E-state index is 0.542. The molecule has 1 heterocycles. The number of hydrogen-bond donors (Lipinski definition) is 1. The van der Waals surface area contributed by atoms with E-state index < -0.39 is 0 Å². The molecule has 0 unspecified atom stereocenters. The quantitative estimate of drug-likeness (QED) is 0.692. The third-order valence-electron chi connectivity index (χ3n) is 1.35. The summed E-state index contributed by atoms with van der Waals surface area (Å²) in [7, 11) is 0. The maximum absolute atomic E-state index is 8.46. The summed E-state index contributed by atoms with van der Waals surface area (Å²) < 4.78 is 0. The first-order valence-electron chi connectivity index (χ1n) is 3.66. The first-order chi connectivity index (χ1) is 5.22. The van der Waals surface area contributed by atoms with Gasteiger partial charge in [0, 0.05) is 6.42 Å². The highest BCUT2D eigenvalue weighted by Crippen LogP contribution is 2.03. The molecule has 1 aromatic rings. The van der Waals surface area contributed by atoms with Gasteiger partial charge in [-0.2, -0.15) is 5.26 Å². The zero-order valence-electron chi connectivity index (χ0n) is 6.76. The van der Waals surface area contributed by atoms with Crippen molar-refractivity contribution in [1.29, 1.82) is 5.26 Å². The molecule has 0 bridgehead atoms. The van der Waals surface area contributed by atoms with Crippen LogP contribution in [0.4, 0.5) is 0 Å². The predicted octanol–water partition coefficient (Wildman–Crippen LogP) is 1.48. The van der Waals surface area contributed by atoms with Crippen LogP contribution in [0.25, 0.3) is 0 Å². The van der Waals surface area contributed by atoms with Crippen molar-refractivity contribution in [3.05, 3.63) is 17.7 Å². The Balaban J connectivity index is 2.67. The Morgan fingerprint density at radius 1 is 1.73 bits per heavy atom. The normalized spacial score (nSPS) is 10.0. The van der Waals surface area contributed by atoms with E-state index in [1.807, 2.05) is 6.07 Å². The fourth-order valence-electron chi connectivity index (χ4n) is 0.910. The van der Waals surface area contributed by atoms with Crippen molar-refractivity contribution >= 4 is 0 Å². The summed E-state index contributed by atoms with van der Waals surface area (Å²) in [6, 6.07) is 2.00. The van der Waals surface area contributed by atoms with Crippen molar-refractivity contribution in [1.82, 2.24) is 9.97 Å². The lowest BCUT2D eigenvalue weighted by atomic mass is 10.1. The largest absolute Gasteiger partial charge is 0.334 e. The Bertz CT molecular complexity index is 267. The molecule has 11 heavy (non-hydrogen) atoms. The first kappa shape index (κ1) is 7.80. The van der Waals surface area contributed by atoms with Crippen molar-refractivity contribution in [3.63, 3.8) is 0 Å². The van der Waals surface area contributed by atoms with E-state index in [0.717, 1.165) is 12.2 Å². The Morgan fingerprint density at radius 3 is 2.91 bits per heavy atom. The van der Waals surface area contributed by atoms with Gasteiger partial charge in [-0.3, -0.25) is 0 Å². The molecule has 3 heteroatoms. The van der Waals surface area contributed by atoms with Crippen LogP contribution in [0.1, 0.15) is 25.4 Å². The molecule has 0 saturated carbocycles. The number of nitriles is 1. The molecule has 1 rings (SSSR count). The second kappa shape index (κ2) is 3.20. The van der Waals surface area contributed by atoms with Gasteiger partial charge in [0.15, 0.2) is 0 Å². The van der Waals surface area contributed by atoms with Crippen molar-refractivity contribution < 1.29 is 0 Å². The lowest BCUT2D eigenvalue weighted by molar-refractivity contribution is 0.625. The number of hydrogen-bond acceptors (Lipinski definition) is 2. The number of H-pyrrole nitrogens is 1. The maximum atomic E-state index is 8.46. The van der Waals surface area contributed by atoms with Crippen LogP contribution in [0.2, 0.25) is 0 Å². The molecular weight excluding hydrogens is 138 g/mol. The number of nitrogens with zero attached hydrogens (tertiary/aromatic N) is 2. The lowest BCUT2D eigenvalue weighted by Gasteiger charge is -1.98. The zero-order valence-corrected chi connectivity index (χ0v) is 6.76. The summed E-state index contributed by atoms with van der Waals surface area (Å²) in [4.78, 5) is 6.97. The minimum absolute atomic E-state index is 0.542. The molecule has 3 nitrogen and oxygen atoms in total. The van der Waals surface area contributed by atoms with Gasteiger partial charge in [-0.05, 0) is 5.92 Å². The van der Waals surface area contributed by atoms with Crippen molar-refractivity contribution in [2.45, 2.75) is 20.3 Å². The molecule has 1 N–H and O–H groups in total. The summed E-state index contributed by atoms with van der Waals surface area (Å²) >= 11 is 0. The Hall–Kier alpha value is -1.30. The van der Waals surface area contributed by atoms with Gasteiger partial charge in [0.2, 0.25) is 0 Å². The van der Waals surface area contributed by atoms with Gasteiger partial charge in [-0.1, -0.05) is 13.8 Å². The number of rotatable bonds is 2. The van der Waals surface area contributed by atoms with Crippen LogP contribution >= 0.6 is 0 Å². The van der Waals surface area contributed by atoms with Crippen LogP contribution in [0.3, 0.4) is 0 Å².